The zero-order valence-corrected chi connectivity index (χ0v) is 29.4. The van der Waals surface area contributed by atoms with Gasteiger partial charge in [-0.1, -0.05) is 133 Å². The molecule has 2 aromatic heterocycles. The molecule has 0 amide bonds. The van der Waals surface area contributed by atoms with Gasteiger partial charge in [0.1, 0.15) is 0 Å². The molecule has 9 aromatic carbocycles. The molecular weight excluding hydrogens is 661 g/mol. The Bertz CT molecular complexity index is 3310. The summed E-state index contributed by atoms with van der Waals surface area (Å²) in [5.74, 6) is 0. The highest BCUT2D eigenvalue weighted by Crippen LogP contribution is 2.52. The van der Waals surface area contributed by atoms with Crippen LogP contribution in [0.25, 0.3) is 98.8 Å². The van der Waals surface area contributed by atoms with E-state index in [1.165, 1.54) is 109 Å². The Kier molecular flexibility index (Phi) is 6.02. The van der Waals surface area contributed by atoms with Crippen LogP contribution < -0.4 is 0 Å². The monoisotopic (exact) mass is 690 g/mol. The molecular formula is C50H30N2S. The number of benzene rings is 9. The van der Waals surface area contributed by atoms with Crippen molar-refractivity contribution in [3.05, 3.63) is 182 Å². The molecule has 0 fully saturated rings. The second-order valence-corrected chi connectivity index (χ2v) is 15.2. The van der Waals surface area contributed by atoms with Crippen molar-refractivity contribution < 1.29 is 0 Å². The Labute approximate surface area is 310 Å². The largest absolute Gasteiger partial charge is 0.309 e. The van der Waals surface area contributed by atoms with Crippen LogP contribution in [0.15, 0.2) is 192 Å². The number of hydrogen-bond donors (Lipinski definition) is 0. The van der Waals surface area contributed by atoms with Gasteiger partial charge in [-0.2, -0.15) is 0 Å². The van der Waals surface area contributed by atoms with E-state index < -0.39 is 0 Å². The molecule has 0 spiro atoms. The molecule has 3 heteroatoms. The minimum Gasteiger partial charge on any atom is -0.309 e. The quantitative estimate of drug-likeness (QED) is 0.179. The summed E-state index contributed by atoms with van der Waals surface area (Å²) in [5, 5.41) is 10.3. The minimum absolute atomic E-state index is 1.18. The van der Waals surface area contributed by atoms with Crippen molar-refractivity contribution >= 4 is 76.9 Å². The van der Waals surface area contributed by atoms with E-state index in [4.69, 9.17) is 0 Å². The van der Waals surface area contributed by atoms with E-state index in [0.29, 0.717) is 0 Å². The maximum Gasteiger partial charge on any atom is 0.0554 e. The van der Waals surface area contributed by atoms with Crippen LogP contribution >= 0.6 is 11.8 Å². The highest BCUT2D eigenvalue weighted by molar-refractivity contribution is 7.99. The summed E-state index contributed by atoms with van der Waals surface area (Å²) in [6.45, 7) is 0. The maximum absolute atomic E-state index is 2.49. The second-order valence-electron chi connectivity index (χ2n) is 14.1. The summed E-state index contributed by atoms with van der Waals surface area (Å²) in [5.41, 5.74) is 12.4. The van der Waals surface area contributed by atoms with Crippen molar-refractivity contribution in [2.75, 3.05) is 0 Å². The lowest BCUT2D eigenvalue weighted by Gasteiger charge is -2.22. The predicted octanol–water partition coefficient (Wildman–Crippen LogP) is 14.0. The van der Waals surface area contributed by atoms with E-state index in [2.05, 4.69) is 191 Å². The van der Waals surface area contributed by atoms with E-state index in [0.717, 1.165) is 0 Å². The fourth-order valence-corrected chi connectivity index (χ4v) is 10.2. The van der Waals surface area contributed by atoms with E-state index in [9.17, 15) is 0 Å². The van der Waals surface area contributed by atoms with Gasteiger partial charge in [0.05, 0.1) is 27.8 Å². The van der Waals surface area contributed by atoms with Gasteiger partial charge in [0.25, 0.3) is 0 Å². The molecule has 11 aromatic rings. The molecule has 0 atom stereocenters. The van der Waals surface area contributed by atoms with Gasteiger partial charge in [-0.15, -0.1) is 0 Å². The molecule has 0 saturated carbocycles. The Morgan fingerprint density at radius 2 is 1.00 bits per heavy atom. The van der Waals surface area contributed by atoms with Gasteiger partial charge in [0.2, 0.25) is 0 Å². The maximum atomic E-state index is 2.49. The Balaban J connectivity index is 1.08. The summed E-state index contributed by atoms with van der Waals surface area (Å²) in [6.07, 6.45) is 0. The zero-order chi connectivity index (χ0) is 34.6. The van der Waals surface area contributed by atoms with E-state index in [-0.39, 0.29) is 0 Å². The molecule has 1 aliphatic rings. The van der Waals surface area contributed by atoms with Crippen LogP contribution in [-0.4, -0.2) is 9.13 Å². The van der Waals surface area contributed by atoms with Gasteiger partial charge >= 0.3 is 0 Å². The van der Waals surface area contributed by atoms with Crippen LogP contribution in [0.2, 0.25) is 0 Å². The third kappa shape index (κ3) is 4.11. The molecule has 12 rings (SSSR count). The van der Waals surface area contributed by atoms with E-state index in [1.807, 2.05) is 11.8 Å². The SMILES string of the molecule is c1ccc(-n2c3ccccc3c3cc(-c4ccc5c(c4)Sc4cccc6c4c-5cc4c6c5ccccc5n4-c4cccc5ccccc45)ccc32)cc1. The smallest absolute Gasteiger partial charge is 0.0554 e. The molecule has 246 valence electrons. The average molecular weight is 691 g/mol. The van der Waals surface area contributed by atoms with Gasteiger partial charge in [-0.05, 0) is 93.7 Å². The van der Waals surface area contributed by atoms with Crippen molar-refractivity contribution in [2.24, 2.45) is 0 Å². The fraction of sp³-hybridized carbons (Fsp3) is 0. The van der Waals surface area contributed by atoms with Gasteiger partial charge < -0.3 is 9.13 Å². The Hall–Kier alpha value is -6.55. The van der Waals surface area contributed by atoms with Crippen molar-refractivity contribution in [1.82, 2.24) is 9.13 Å². The molecule has 3 heterocycles. The first-order chi connectivity index (χ1) is 26.3. The molecule has 1 aliphatic heterocycles. The van der Waals surface area contributed by atoms with Crippen LogP contribution in [0.3, 0.4) is 0 Å². The van der Waals surface area contributed by atoms with Crippen LogP contribution in [0.4, 0.5) is 0 Å². The van der Waals surface area contributed by atoms with Crippen LogP contribution in [0.5, 0.6) is 0 Å². The number of aromatic nitrogens is 2. The van der Waals surface area contributed by atoms with Crippen molar-refractivity contribution in [1.29, 1.82) is 0 Å². The molecule has 0 saturated heterocycles. The summed E-state index contributed by atoms with van der Waals surface area (Å²) in [4.78, 5) is 2.61. The first-order valence-corrected chi connectivity index (χ1v) is 19.0. The zero-order valence-electron chi connectivity index (χ0n) is 28.6. The second kappa shape index (κ2) is 11.0. The Morgan fingerprint density at radius 3 is 1.89 bits per heavy atom. The topological polar surface area (TPSA) is 9.86 Å². The van der Waals surface area contributed by atoms with Crippen molar-refractivity contribution in [3.8, 4) is 33.6 Å². The fourth-order valence-electron chi connectivity index (χ4n) is 9.00. The van der Waals surface area contributed by atoms with Crippen LogP contribution in [0, 0.1) is 0 Å². The van der Waals surface area contributed by atoms with Crippen molar-refractivity contribution in [2.45, 2.75) is 9.79 Å². The number of fused-ring (bicyclic) bond motifs is 10. The number of nitrogens with zero attached hydrogens (tertiary/aromatic N) is 2. The van der Waals surface area contributed by atoms with Crippen LogP contribution in [0.1, 0.15) is 0 Å². The highest BCUT2D eigenvalue weighted by atomic mass is 32.2. The highest BCUT2D eigenvalue weighted by Gasteiger charge is 2.25. The lowest BCUT2D eigenvalue weighted by molar-refractivity contribution is 1.18. The summed E-state index contributed by atoms with van der Waals surface area (Å²) >= 11 is 1.90. The lowest BCUT2D eigenvalue weighted by Crippen LogP contribution is -1.98. The molecule has 0 bridgehead atoms. The van der Waals surface area contributed by atoms with Gasteiger partial charge in [-0.3, -0.25) is 0 Å². The summed E-state index contributed by atoms with van der Waals surface area (Å²) in [7, 11) is 0. The summed E-state index contributed by atoms with van der Waals surface area (Å²) in [6, 6.07) is 67.1. The first kappa shape index (κ1) is 29.1. The van der Waals surface area contributed by atoms with Gasteiger partial charge in [0.15, 0.2) is 0 Å². The van der Waals surface area contributed by atoms with Gasteiger partial charge in [-0.25, -0.2) is 0 Å². The van der Waals surface area contributed by atoms with Crippen LogP contribution in [-0.2, 0) is 0 Å². The molecule has 0 unspecified atom stereocenters. The normalized spacial score (nSPS) is 12.5. The Morgan fingerprint density at radius 1 is 0.340 bits per heavy atom. The first-order valence-electron chi connectivity index (χ1n) is 18.2. The molecule has 53 heavy (non-hydrogen) atoms. The third-order valence-corrected chi connectivity index (χ3v) is 12.4. The number of hydrogen-bond acceptors (Lipinski definition) is 1. The average Bonchev–Trinajstić information content (AvgIpc) is 3.73. The predicted molar refractivity (Wildman–Crippen MR) is 225 cm³/mol. The van der Waals surface area contributed by atoms with Crippen molar-refractivity contribution in [3.63, 3.8) is 0 Å². The molecule has 0 aliphatic carbocycles. The molecule has 0 radical (unpaired) electrons. The number of para-hydroxylation sites is 3. The van der Waals surface area contributed by atoms with E-state index >= 15 is 0 Å². The van der Waals surface area contributed by atoms with Gasteiger partial charge in [0, 0.05) is 47.8 Å². The number of rotatable bonds is 3. The summed E-state index contributed by atoms with van der Waals surface area (Å²) < 4.78 is 4.87. The third-order valence-electron chi connectivity index (χ3n) is 11.3. The minimum atomic E-state index is 1.18. The van der Waals surface area contributed by atoms with E-state index in [1.54, 1.807) is 0 Å². The standard InChI is InChI=1S/C50H30N2S/c1-2-14-34(15-3-1)51-43-20-8-6-17-36(43)40-28-32(25-27-45(40)51)33-24-26-37-41-30-46-49(39-19-11-23-47(50(39)41)53-48(37)29-33)38-18-7-9-21-44(38)52(46)42-22-10-13-31-12-4-5-16-35(31)42/h1-30H. The molecule has 2 nitrogen and oxygen atoms in total. The lowest BCUT2D eigenvalue weighted by atomic mass is 9.93. The molecule has 0 N–H and O–H groups in total.